The molecular formula is C13H7BrFNO. The van der Waals surface area contributed by atoms with Crippen molar-refractivity contribution >= 4 is 27.8 Å². The normalized spacial score (nSPS) is 12.4. The third-order valence-corrected chi connectivity index (χ3v) is 3.09. The minimum Gasteiger partial charge on any atom is -0.454 e. The molecule has 2 aromatic rings. The van der Waals surface area contributed by atoms with E-state index in [1.54, 1.807) is 12.3 Å². The average molecular weight is 292 g/mol. The molecule has 1 aliphatic heterocycles. The molecule has 84 valence electrons. The summed E-state index contributed by atoms with van der Waals surface area (Å²) in [6, 6.07) is 10.4. The van der Waals surface area contributed by atoms with Crippen LogP contribution in [0.4, 0.5) is 10.1 Å². The lowest BCUT2D eigenvalue weighted by molar-refractivity contribution is 0.478. The number of halogens is 2. The predicted molar refractivity (Wildman–Crippen MR) is 67.9 cm³/mol. The van der Waals surface area contributed by atoms with Crippen LogP contribution in [-0.4, -0.2) is 6.21 Å². The first-order valence-corrected chi connectivity index (χ1v) is 5.83. The number of fused-ring (bicyclic) bond motifs is 2. The Morgan fingerprint density at radius 1 is 1.12 bits per heavy atom. The largest absolute Gasteiger partial charge is 0.454 e. The van der Waals surface area contributed by atoms with Crippen molar-refractivity contribution in [3.05, 3.63) is 52.3 Å². The van der Waals surface area contributed by atoms with Gasteiger partial charge in [-0.2, -0.15) is 0 Å². The Balaban J connectivity index is 2.18. The van der Waals surface area contributed by atoms with E-state index < -0.39 is 0 Å². The van der Waals surface area contributed by atoms with Crippen molar-refractivity contribution < 1.29 is 9.13 Å². The van der Waals surface area contributed by atoms with Crippen LogP contribution < -0.4 is 4.74 Å². The molecule has 3 rings (SSSR count). The molecule has 0 saturated carbocycles. The molecule has 0 amide bonds. The molecule has 1 heterocycles. The number of rotatable bonds is 0. The Hall–Kier alpha value is -1.68. The van der Waals surface area contributed by atoms with E-state index >= 15 is 0 Å². The second-order valence-electron chi connectivity index (χ2n) is 3.63. The predicted octanol–water partition coefficient (Wildman–Crippen LogP) is 4.44. The highest BCUT2D eigenvalue weighted by Gasteiger charge is 2.14. The van der Waals surface area contributed by atoms with Gasteiger partial charge in [-0.3, -0.25) is 4.99 Å². The Kier molecular flexibility index (Phi) is 2.44. The molecule has 0 saturated heterocycles. The van der Waals surface area contributed by atoms with Gasteiger partial charge in [0.2, 0.25) is 0 Å². The van der Waals surface area contributed by atoms with Crippen LogP contribution in [0.5, 0.6) is 11.5 Å². The monoisotopic (exact) mass is 291 g/mol. The number of para-hydroxylation sites is 1. The van der Waals surface area contributed by atoms with E-state index in [1.807, 2.05) is 24.3 Å². The van der Waals surface area contributed by atoms with Crippen molar-refractivity contribution in [1.82, 2.24) is 0 Å². The maximum Gasteiger partial charge on any atom is 0.156 e. The van der Waals surface area contributed by atoms with Crippen molar-refractivity contribution in [1.29, 1.82) is 0 Å². The summed E-state index contributed by atoms with van der Waals surface area (Å²) < 4.78 is 19.5. The summed E-state index contributed by atoms with van der Waals surface area (Å²) in [5.74, 6) is 0.738. The van der Waals surface area contributed by atoms with Gasteiger partial charge in [0.05, 0.1) is 4.47 Å². The van der Waals surface area contributed by atoms with Crippen LogP contribution in [-0.2, 0) is 0 Å². The molecule has 0 spiro atoms. The van der Waals surface area contributed by atoms with Gasteiger partial charge in [-0.05, 0) is 34.1 Å². The summed E-state index contributed by atoms with van der Waals surface area (Å²) in [6.07, 6.45) is 1.71. The smallest absolute Gasteiger partial charge is 0.156 e. The summed E-state index contributed by atoms with van der Waals surface area (Å²) in [5, 5.41) is 0. The van der Waals surface area contributed by atoms with Crippen molar-refractivity contribution in [3.63, 3.8) is 0 Å². The van der Waals surface area contributed by atoms with Gasteiger partial charge in [0.1, 0.15) is 17.3 Å². The topological polar surface area (TPSA) is 21.6 Å². The third kappa shape index (κ3) is 1.85. The van der Waals surface area contributed by atoms with Crippen molar-refractivity contribution in [3.8, 4) is 11.5 Å². The number of hydrogen-bond acceptors (Lipinski definition) is 2. The summed E-state index contributed by atoms with van der Waals surface area (Å²) in [7, 11) is 0. The first-order chi connectivity index (χ1) is 8.24. The van der Waals surface area contributed by atoms with Gasteiger partial charge in [0, 0.05) is 17.8 Å². The van der Waals surface area contributed by atoms with E-state index in [0.717, 1.165) is 5.56 Å². The van der Waals surface area contributed by atoms with Gasteiger partial charge in [-0.15, -0.1) is 0 Å². The van der Waals surface area contributed by atoms with Crippen LogP contribution in [0.15, 0.2) is 45.9 Å². The first-order valence-electron chi connectivity index (χ1n) is 5.04. The summed E-state index contributed by atoms with van der Waals surface area (Å²) in [5.41, 5.74) is 1.48. The number of benzene rings is 2. The molecule has 17 heavy (non-hydrogen) atoms. The van der Waals surface area contributed by atoms with Gasteiger partial charge >= 0.3 is 0 Å². The van der Waals surface area contributed by atoms with Crippen molar-refractivity contribution in [2.45, 2.75) is 0 Å². The minimum absolute atomic E-state index is 0.363. The van der Waals surface area contributed by atoms with Gasteiger partial charge < -0.3 is 4.74 Å². The number of aliphatic imine (C=N–C) groups is 1. The summed E-state index contributed by atoms with van der Waals surface area (Å²) >= 11 is 3.13. The Morgan fingerprint density at radius 2 is 1.94 bits per heavy atom. The molecule has 2 aromatic carbocycles. The minimum atomic E-state index is -0.363. The molecule has 0 aromatic heterocycles. The number of nitrogens with zero attached hydrogens (tertiary/aromatic N) is 1. The number of hydrogen-bond donors (Lipinski definition) is 0. The zero-order chi connectivity index (χ0) is 11.8. The van der Waals surface area contributed by atoms with E-state index in [1.165, 1.54) is 6.07 Å². The molecule has 0 atom stereocenters. The highest BCUT2D eigenvalue weighted by atomic mass is 79.9. The van der Waals surface area contributed by atoms with E-state index in [2.05, 4.69) is 20.9 Å². The molecule has 0 aliphatic carbocycles. The fourth-order valence-electron chi connectivity index (χ4n) is 1.64. The van der Waals surface area contributed by atoms with E-state index in [9.17, 15) is 4.39 Å². The summed E-state index contributed by atoms with van der Waals surface area (Å²) in [4.78, 5) is 4.28. The molecule has 1 aliphatic rings. The second-order valence-corrected chi connectivity index (χ2v) is 4.49. The van der Waals surface area contributed by atoms with E-state index in [-0.39, 0.29) is 5.82 Å². The zero-order valence-electron chi connectivity index (χ0n) is 8.65. The first kappa shape index (κ1) is 10.5. The fraction of sp³-hybridized carbons (Fsp3) is 0. The standard InChI is InChI=1S/C13H7BrFNO/c14-9-5-11-13(6-10(9)15)17-12-4-2-1-3-8(12)7-16-11/h1-7H. The Morgan fingerprint density at radius 3 is 2.82 bits per heavy atom. The lowest BCUT2D eigenvalue weighted by Gasteiger charge is -2.08. The van der Waals surface area contributed by atoms with Crippen LogP contribution in [0.2, 0.25) is 0 Å². The summed E-state index contributed by atoms with van der Waals surface area (Å²) in [6.45, 7) is 0. The Bertz CT molecular complexity index is 625. The second kappa shape index (κ2) is 3.96. The Labute approximate surface area is 106 Å². The molecule has 0 radical (unpaired) electrons. The van der Waals surface area contributed by atoms with Crippen LogP contribution in [0, 0.1) is 5.82 Å². The lowest BCUT2D eigenvalue weighted by atomic mass is 10.2. The van der Waals surface area contributed by atoms with Gasteiger partial charge in [0.25, 0.3) is 0 Å². The van der Waals surface area contributed by atoms with Crippen LogP contribution >= 0.6 is 15.9 Å². The van der Waals surface area contributed by atoms with E-state index in [0.29, 0.717) is 21.7 Å². The van der Waals surface area contributed by atoms with Gasteiger partial charge in [-0.25, -0.2) is 4.39 Å². The quantitative estimate of drug-likeness (QED) is 0.600. The molecule has 0 fully saturated rings. The lowest BCUT2D eigenvalue weighted by Crippen LogP contribution is -1.88. The molecule has 0 unspecified atom stereocenters. The molecule has 0 N–H and O–H groups in total. The van der Waals surface area contributed by atoms with Crippen LogP contribution in [0.3, 0.4) is 0 Å². The highest BCUT2D eigenvalue weighted by Crippen LogP contribution is 2.38. The van der Waals surface area contributed by atoms with Gasteiger partial charge in [0.15, 0.2) is 5.75 Å². The van der Waals surface area contributed by atoms with Crippen LogP contribution in [0.25, 0.3) is 0 Å². The molecular weight excluding hydrogens is 285 g/mol. The van der Waals surface area contributed by atoms with Gasteiger partial charge in [-0.1, -0.05) is 12.1 Å². The maximum atomic E-state index is 13.4. The van der Waals surface area contributed by atoms with E-state index in [4.69, 9.17) is 4.74 Å². The average Bonchev–Trinajstić information content (AvgIpc) is 2.49. The highest BCUT2D eigenvalue weighted by molar-refractivity contribution is 9.10. The van der Waals surface area contributed by atoms with Crippen LogP contribution in [0.1, 0.15) is 5.56 Å². The van der Waals surface area contributed by atoms with Crippen molar-refractivity contribution in [2.75, 3.05) is 0 Å². The third-order valence-electron chi connectivity index (χ3n) is 2.48. The van der Waals surface area contributed by atoms with Crippen molar-refractivity contribution in [2.24, 2.45) is 4.99 Å². The fourth-order valence-corrected chi connectivity index (χ4v) is 1.97. The molecule has 2 nitrogen and oxygen atoms in total. The molecule has 4 heteroatoms. The maximum absolute atomic E-state index is 13.4. The number of ether oxygens (including phenoxy) is 1. The zero-order valence-corrected chi connectivity index (χ0v) is 10.2. The SMILES string of the molecule is Fc1cc2c(cc1Br)N=Cc1ccccc1O2. The molecule has 0 bridgehead atoms.